The molecule has 1 aliphatic heterocycles. The third-order valence-corrected chi connectivity index (χ3v) is 1.17. The Morgan fingerprint density at radius 3 is 2.86 bits per heavy atom. The maximum absolute atomic E-state index is 4.27. The van der Waals surface area contributed by atoms with E-state index in [0.717, 1.165) is 19.6 Å². The van der Waals surface area contributed by atoms with E-state index in [1.807, 2.05) is 0 Å². The van der Waals surface area contributed by atoms with Crippen molar-refractivity contribution < 1.29 is 0 Å². The van der Waals surface area contributed by atoms with Gasteiger partial charge in [0.05, 0.1) is 0 Å². The molecule has 1 saturated heterocycles. The van der Waals surface area contributed by atoms with Gasteiger partial charge in [-0.3, -0.25) is 0 Å². The minimum Gasteiger partial charge on any atom is -0.314 e. The molecule has 0 aliphatic carbocycles. The number of hydrogen-bond donors (Lipinski definition) is 1. The SMILES string of the molecule is C[C@H]1CNCC[N]1. The number of hydrogen-bond acceptors (Lipinski definition) is 1. The molecule has 0 aromatic carbocycles. The van der Waals surface area contributed by atoms with Gasteiger partial charge in [-0.25, -0.2) is 5.32 Å². The highest BCUT2D eigenvalue weighted by Gasteiger charge is 2.04. The molecule has 1 fully saturated rings. The van der Waals surface area contributed by atoms with Crippen molar-refractivity contribution in [3.63, 3.8) is 0 Å². The zero-order valence-electron chi connectivity index (χ0n) is 4.65. The van der Waals surface area contributed by atoms with Crippen LogP contribution in [-0.4, -0.2) is 25.7 Å². The Labute approximate surface area is 44.3 Å². The Morgan fingerprint density at radius 2 is 2.57 bits per heavy atom. The minimum atomic E-state index is 0.550. The fraction of sp³-hybridized carbons (Fsp3) is 1.00. The molecule has 0 bridgehead atoms. The molecule has 1 rings (SSSR count). The van der Waals surface area contributed by atoms with E-state index in [-0.39, 0.29) is 0 Å². The Morgan fingerprint density at radius 1 is 1.71 bits per heavy atom. The van der Waals surface area contributed by atoms with Crippen LogP contribution >= 0.6 is 0 Å². The van der Waals surface area contributed by atoms with Gasteiger partial charge in [-0.1, -0.05) is 0 Å². The predicted molar refractivity (Wildman–Crippen MR) is 29.3 cm³/mol. The molecule has 0 spiro atoms. The second-order valence-corrected chi connectivity index (χ2v) is 1.96. The van der Waals surface area contributed by atoms with Crippen LogP contribution in [0.25, 0.3) is 0 Å². The third-order valence-electron chi connectivity index (χ3n) is 1.17. The summed E-state index contributed by atoms with van der Waals surface area (Å²) < 4.78 is 0. The molecule has 1 radical (unpaired) electrons. The van der Waals surface area contributed by atoms with Gasteiger partial charge in [-0.05, 0) is 6.92 Å². The summed E-state index contributed by atoms with van der Waals surface area (Å²) in [6.45, 7) is 5.28. The van der Waals surface area contributed by atoms with Gasteiger partial charge < -0.3 is 5.32 Å². The lowest BCUT2D eigenvalue weighted by molar-refractivity contribution is 0.434. The van der Waals surface area contributed by atoms with Gasteiger partial charge in [0.1, 0.15) is 0 Å². The Bertz CT molecular complexity index is 48.0. The van der Waals surface area contributed by atoms with E-state index in [0.29, 0.717) is 6.04 Å². The standard InChI is InChI=1S/C5H11N2/c1-5-4-6-2-3-7-5/h5-6H,2-4H2,1H3/t5-/m0/s1. The molecule has 7 heavy (non-hydrogen) atoms. The Kier molecular flexibility index (Phi) is 1.65. The monoisotopic (exact) mass is 99.1 g/mol. The summed E-state index contributed by atoms with van der Waals surface area (Å²) >= 11 is 0. The fourth-order valence-electron chi connectivity index (χ4n) is 0.739. The van der Waals surface area contributed by atoms with Gasteiger partial charge in [0.15, 0.2) is 0 Å². The van der Waals surface area contributed by atoms with Gasteiger partial charge in [0.25, 0.3) is 0 Å². The summed E-state index contributed by atoms with van der Waals surface area (Å²) in [4.78, 5) is 0. The first-order valence-corrected chi connectivity index (χ1v) is 2.77. The summed E-state index contributed by atoms with van der Waals surface area (Å²) in [6.07, 6.45) is 0. The van der Waals surface area contributed by atoms with E-state index < -0.39 is 0 Å². The molecule has 0 aromatic heterocycles. The third kappa shape index (κ3) is 1.45. The molecule has 0 aromatic rings. The molecular formula is C5H11N2. The molecule has 41 valence electrons. The molecule has 2 heteroatoms. The number of nitrogens with one attached hydrogen (secondary N) is 1. The summed E-state index contributed by atoms with van der Waals surface area (Å²) in [6, 6.07) is 0.550. The van der Waals surface area contributed by atoms with E-state index >= 15 is 0 Å². The number of nitrogens with zero attached hydrogens (tertiary/aromatic N) is 1. The molecule has 1 aliphatic rings. The average Bonchev–Trinajstić information content (AvgIpc) is 1.69. The number of rotatable bonds is 0. The van der Waals surface area contributed by atoms with Crippen LogP contribution in [0.5, 0.6) is 0 Å². The molecule has 0 unspecified atom stereocenters. The molecule has 1 heterocycles. The van der Waals surface area contributed by atoms with E-state index in [2.05, 4.69) is 17.6 Å². The fourth-order valence-corrected chi connectivity index (χ4v) is 0.739. The van der Waals surface area contributed by atoms with Crippen molar-refractivity contribution >= 4 is 0 Å². The predicted octanol–water partition coefficient (Wildman–Crippen LogP) is -0.417. The van der Waals surface area contributed by atoms with Crippen molar-refractivity contribution in [2.45, 2.75) is 13.0 Å². The summed E-state index contributed by atoms with van der Waals surface area (Å²) in [5.41, 5.74) is 0. The van der Waals surface area contributed by atoms with Gasteiger partial charge in [0.2, 0.25) is 0 Å². The molecule has 0 amide bonds. The highest BCUT2D eigenvalue weighted by molar-refractivity contribution is 4.68. The highest BCUT2D eigenvalue weighted by Crippen LogP contribution is 1.83. The van der Waals surface area contributed by atoms with Crippen LogP contribution < -0.4 is 10.6 Å². The van der Waals surface area contributed by atoms with Crippen LogP contribution in [0.1, 0.15) is 6.92 Å². The van der Waals surface area contributed by atoms with E-state index in [4.69, 9.17) is 0 Å². The van der Waals surface area contributed by atoms with Gasteiger partial charge >= 0.3 is 0 Å². The van der Waals surface area contributed by atoms with Crippen molar-refractivity contribution in [3.8, 4) is 0 Å². The quantitative estimate of drug-likeness (QED) is 0.438. The van der Waals surface area contributed by atoms with Gasteiger partial charge in [-0.2, -0.15) is 0 Å². The minimum absolute atomic E-state index is 0.550. The topological polar surface area (TPSA) is 26.1 Å². The first-order chi connectivity index (χ1) is 3.39. The van der Waals surface area contributed by atoms with Crippen LogP contribution in [0.2, 0.25) is 0 Å². The lowest BCUT2D eigenvalue weighted by Crippen LogP contribution is -2.42. The van der Waals surface area contributed by atoms with Crippen LogP contribution in [0.3, 0.4) is 0 Å². The maximum atomic E-state index is 4.27. The molecule has 2 nitrogen and oxygen atoms in total. The normalized spacial score (nSPS) is 33.0. The maximum Gasteiger partial charge on any atom is 0.0343 e. The summed E-state index contributed by atoms with van der Waals surface area (Å²) in [5.74, 6) is 0. The smallest absolute Gasteiger partial charge is 0.0343 e. The zero-order chi connectivity index (χ0) is 5.11. The van der Waals surface area contributed by atoms with Crippen molar-refractivity contribution in [2.24, 2.45) is 0 Å². The van der Waals surface area contributed by atoms with E-state index in [9.17, 15) is 0 Å². The first-order valence-electron chi connectivity index (χ1n) is 2.77. The van der Waals surface area contributed by atoms with Crippen molar-refractivity contribution in [1.29, 1.82) is 0 Å². The number of piperazine rings is 1. The van der Waals surface area contributed by atoms with Crippen molar-refractivity contribution in [2.75, 3.05) is 19.6 Å². The average molecular weight is 99.2 g/mol. The summed E-state index contributed by atoms with van der Waals surface area (Å²) in [5, 5.41) is 7.51. The molecule has 1 atom stereocenters. The molecular weight excluding hydrogens is 88.1 g/mol. The zero-order valence-corrected chi connectivity index (χ0v) is 4.65. The van der Waals surface area contributed by atoms with Crippen LogP contribution in [0.4, 0.5) is 0 Å². The van der Waals surface area contributed by atoms with Crippen LogP contribution in [0.15, 0.2) is 0 Å². The van der Waals surface area contributed by atoms with E-state index in [1.54, 1.807) is 0 Å². The van der Waals surface area contributed by atoms with Crippen LogP contribution in [-0.2, 0) is 0 Å². The van der Waals surface area contributed by atoms with Gasteiger partial charge in [0, 0.05) is 25.7 Å². The first kappa shape index (κ1) is 5.06. The van der Waals surface area contributed by atoms with Crippen molar-refractivity contribution in [1.82, 2.24) is 10.6 Å². The highest BCUT2D eigenvalue weighted by atomic mass is 15.0. The molecule has 0 saturated carbocycles. The second kappa shape index (κ2) is 2.28. The largest absolute Gasteiger partial charge is 0.314 e. The summed E-state index contributed by atoms with van der Waals surface area (Å²) in [7, 11) is 0. The Balaban J connectivity index is 2.12. The lowest BCUT2D eigenvalue weighted by atomic mass is 10.3. The van der Waals surface area contributed by atoms with Crippen molar-refractivity contribution in [3.05, 3.63) is 0 Å². The lowest BCUT2D eigenvalue weighted by Gasteiger charge is -2.17. The molecule has 1 N–H and O–H groups in total. The van der Waals surface area contributed by atoms with Gasteiger partial charge in [-0.15, -0.1) is 0 Å². The Hall–Kier alpha value is -0.0800. The second-order valence-electron chi connectivity index (χ2n) is 1.96. The van der Waals surface area contributed by atoms with Crippen LogP contribution in [0, 0.1) is 0 Å². The van der Waals surface area contributed by atoms with E-state index in [1.165, 1.54) is 0 Å².